The number of hydrogen-bond acceptors (Lipinski definition) is 5. The van der Waals surface area contributed by atoms with Gasteiger partial charge in [0, 0.05) is 0 Å². The van der Waals surface area contributed by atoms with E-state index < -0.39 is 36.9 Å². The molecule has 0 rings (SSSR count). The highest BCUT2D eigenvalue weighted by molar-refractivity contribution is 5.80. The first kappa shape index (κ1) is 54.3. The Hall–Kier alpha value is -1.73. The van der Waals surface area contributed by atoms with Gasteiger partial charge < -0.3 is 25.7 Å². The van der Waals surface area contributed by atoms with Crippen molar-refractivity contribution in [3.05, 3.63) is 48.6 Å². The first-order valence-electron chi connectivity index (χ1n) is 24.0. The van der Waals surface area contributed by atoms with Crippen LogP contribution in [-0.4, -0.2) is 57.3 Å². The zero-order valence-corrected chi connectivity index (χ0v) is 36.9. The summed E-state index contributed by atoms with van der Waals surface area (Å²) in [4.78, 5) is 12.5. The zero-order chi connectivity index (χ0) is 41.0. The summed E-state index contributed by atoms with van der Waals surface area (Å²) in [6, 6.07) is -1.01. The second kappa shape index (κ2) is 44.4. The lowest BCUT2D eigenvalue weighted by atomic mass is 10.00. The summed E-state index contributed by atoms with van der Waals surface area (Å²) in [7, 11) is 0. The van der Waals surface area contributed by atoms with Gasteiger partial charge in [-0.3, -0.25) is 4.79 Å². The highest BCUT2D eigenvalue weighted by Crippen LogP contribution is 2.15. The third kappa shape index (κ3) is 37.8. The minimum atomic E-state index is -1.30. The van der Waals surface area contributed by atoms with E-state index in [1.165, 1.54) is 135 Å². The summed E-state index contributed by atoms with van der Waals surface area (Å²) < 4.78 is 0. The molecule has 0 bridgehead atoms. The molecular formula is C50H93NO5. The average molecular weight is 788 g/mol. The van der Waals surface area contributed by atoms with Gasteiger partial charge in [-0.2, -0.15) is 0 Å². The van der Waals surface area contributed by atoms with Gasteiger partial charge in [0.25, 0.3) is 0 Å². The normalized spacial score (nSPS) is 14.5. The molecule has 328 valence electrons. The number of aliphatic hydroxyl groups excluding tert-OH is 4. The Morgan fingerprint density at radius 2 is 0.750 bits per heavy atom. The van der Waals surface area contributed by atoms with Crippen LogP contribution >= 0.6 is 0 Å². The molecule has 5 N–H and O–H groups in total. The van der Waals surface area contributed by atoms with E-state index in [0.29, 0.717) is 19.3 Å². The fourth-order valence-electron chi connectivity index (χ4n) is 7.14. The van der Waals surface area contributed by atoms with Crippen molar-refractivity contribution >= 4 is 5.91 Å². The van der Waals surface area contributed by atoms with E-state index in [0.717, 1.165) is 64.2 Å². The Balaban J connectivity index is 3.80. The summed E-state index contributed by atoms with van der Waals surface area (Å²) in [5.41, 5.74) is 0. The number of hydrogen-bond donors (Lipinski definition) is 5. The molecule has 6 heteroatoms. The minimum absolute atomic E-state index is 0.350. The summed E-state index contributed by atoms with van der Waals surface area (Å²) in [6.45, 7) is 4.03. The van der Waals surface area contributed by atoms with E-state index in [1.807, 2.05) is 0 Å². The fraction of sp³-hybridized carbons (Fsp3) is 0.820. The molecule has 0 aromatic carbocycles. The molecule has 0 saturated carbocycles. The van der Waals surface area contributed by atoms with Crippen molar-refractivity contribution in [1.29, 1.82) is 0 Å². The third-order valence-electron chi connectivity index (χ3n) is 11.0. The number of allylic oxidation sites excluding steroid dienone is 8. The number of rotatable bonds is 43. The van der Waals surface area contributed by atoms with Crippen molar-refractivity contribution in [3.8, 4) is 0 Å². The lowest BCUT2D eigenvalue weighted by molar-refractivity contribution is -0.132. The van der Waals surface area contributed by atoms with E-state index in [2.05, 4.69) is 67.8 Å². The molecule has 0 aromatic heterocycles. The molecule has 6 nitrogen and oxygen atoms in total. The standard InChI is InChI=1S/C50H93NO5/c1-3-5-7-9-11-13-15-17-19-21-23-24-26-28-30-32-34-36-38-40-42-44-48(54)50(56)51-46(45-52)49(55)47(53)43-41-39-37-35-33-31-29-27-25-22-20-18-16-14-12-10-8-6-4-2/h18,20,26-29,35,37,46-49,52-55H,3-17,19,21-25,30-34,36,38-45H2,1-2H3,(H,51,56)/b20-18+,28-26-,29-27+,37-35+. The van der Waals surface area contributed by atoms with Crippen LogP contribution in [0.1, 0.15) is 232 Å². The largest absolute Gasteiger partial charge is 0.394 e. The van der Waals surface area contributed by atoms with E-state index in [1.54, 1.807) is 0 Å². The number of carbonyl (C=O) groups excluding carboxylic acids is 1. The van der Waals surface area contributed by atoms with Crippen molar-refractivity contribution in [3.63, 3.8) is 0 Å². The van der Waals surface area contributed by atoms with Gasteiger partial charge in [0.1, 0.15) is 12.2 Å². The summed E-state index contributed by atoms with van der Waals surface area (Å²) in [6.07, 6.45) is 54.3. The predicted molar refractivity (Wildman–Crippen MR) is 242 cm³/mol. The Labute approximate surface area is 347 Å². The molecule has 4 atom stereocenters. The van der Waals surface area contributed by atoms with Gasteiger partial charge >= 0.3 is 0 Å². The number of amides is 1. The second-order valence-corrected chi connectivity index (χ2v) is 16.4. The minimum Gasteiger partial charge on any atom is -0.394 e. The smallest absolute Gasteiger partial charge is 0.249 e. The Kier molecular flexibility index (Phi) is 43.0. The highest BCUT2D eigenvalue weighted by atomic mass is 16.3. The molecule has 1 amide bonds. The van der Waals surface area contributed by atoms with Crippen molar-refractivity contribution < 1.29 is 25.2 Å². The third-order valence-corrected chi connectivity index (χ3v) is 11.0. The highest BCUT2D eigenvalue weighted by Gasteiger charge is 2.28. The van der Waals surface area contributed by atoms with Gasteiger partial charge in [-0.1, -0.05) is 191 Å². The fourth-order valence-corrected chi connectivity index (χ4v) is 7.14. The number of aliphatic hydroxyl groups is 4. The van der Waals surface area contributed by atoms with Gasteiger partial charge in [0.2, 0.25) is 5.91 Å². The Morgan fingerprint density at radius 3 is 1.12 bits per heavy atom. The Morgan fingerprint density at radius 1 is 0.429 bits per heavy atom. The van der Waals surface area contributed by atoms with Crippen LogP contribution < -0.4 is 5.32 Å². The lowest BCUT2D eigenvalue weighted by Crippen LogP contribution is -2.53. The summed E-state index contributed by atoms with van der Waals surface area (Å²) in [5, 5.41) is 43.7. The molecule has 0 aromatic rings. The molecule has 0 saturated heterocycles. The maximum Gasteiger partial charge on any atom is 0.249 e. The lowest BCUT2D eigenvalue weighted by Gasteiger charge is -2.27. The van der Waals surface area contributed by atoms with Crippen LogP contribution in [0.15, 0.2) is 48.6 Å². The number of unbranched alkanes of at least 4 members (excludes halogenated alkanes) is 26. The van der Waals surface area contributed by atoms with E-state index in [9.17, 15) is 25.2 Å². The molecule has 0 aliphatic rings. The van der Waals surface area contributed by atoms with Crippen LogP contribution in [0, 0.1) is 0 Å². The molecule has 0 aliphatic heterocycles. The van der Waals surface area contributed by atoms with Crippen LogP contribution in [0.25, 0.3) is 0 Å². The van der Waals surface area contributed by atoms with Gasteiger partial charge in [-0.25, -0.2) is 0 Å². The van der Waals surface area contributed by atoms with Crippen LogP contribution in [0.4, 0.5) is 0 Å². The molecule has 0 spiro atoms. The molecule has 0 aliphatic carbocycles. The van der Waals surface area contributed by atoms with Crippen LogP contribution in [0.3, 0.4) is 0 Å². The van der Waals surface area contributed by atoms with E-state index >= 15 is 0 Å². The quantitative estimate of drug-likeness (QED) is 0.0312. The Bertz CT molecular complexity index is 930. The molecule has 0 fully saturated rings. The molecule has 0 heterocycles. The van der Waals surface area contributed by atoms with Gasteiger partial charge in [0.15, 0.2) is 0 Å². The maximum atomic E-state index is 12.5. The van der Waals surface area contributed by atoms with Gasteiger partial charge in [0.05, 0.1) is 18.8 Å². The number of carbonyl (C=O) groups is 1. The average Bonchev–Trinajstić information content (AvgIpc) is 3.20. The SMILES string of the molecule is CCCCCCCC/C=C/CC/C=C/CC/C=C/CCCC(O)C(O)C(CO)NC(=O)C(O)CCCCCCCC/C=C\CCCCCCCCCCCCC. The van der Waals surface area contributed by atoms with Crippen molar-refractivity contribution in [2.24, 2.45) is 0 Å². The maximum absolute atomic E-state index is 12.5. The topological polar surface area (TPSA) is 110 Å². The van der Waals surface area contributed by atoms with Crippen molar-refractivity contribution in [1.82, 2.24) is 5.32 Å². The molecule has 4 unspecified atom stereocenters. The van der Waals surface area contributed by atoms with Crippen LogP contribution in [-0.2, 0) is 4.79 Å². The van der Waals surface area contributed by atoms with Crippen molar-refractivity contribution in [2.75, 3.05) is 6.61 Å². The van der Waals surface area contributed by atoms with E-state index in [4.69, 9.17) is 0 Å². The monoisotopic (exact) mass is 788 g/mol. The molecule has 0 radical (unpaired) electrons. The van der Waals surface area contributed by atoms with Crippen molar-refractivity contribution in [2.45, 2.75) is 257 Å². The van der Waals surface area contributed by atoms with E-state index in [-0.39, 0.29) is 0 Å². The van der Waals surface area contributed by atoms with Crippen LogP contribution in [0.5, 0.6) is 0 Å². The van der Waals surface area contributed by atoms with Gasteiger partial charge in [-0.15, -0.1) is 0 Å². The first-order chi connectivity index (χ1) is 27.5. The van der Waals surface area contributed by atoms with Crippen LogP contribution in [0.2, 0.25) is 0 Å². The zero-order valence-electron chi connectivity index (χ0n) is 36.9. The second-order valence-electron chi connectivity index (χ2n) is 16.4. The van der Waals surface area contributed by atoms with Gasteiger partial charge in [-0.05, 0) is 89.9 Å². The molecule has 56 heavy (non-hydrogen) atoms. The first-order valence-corrected chi connectivity index (χ1v) is 24.0. The molecular weight excluding hydrogens is 695 g/mol. The summed E-state index contributed by atoms with van der Waals surface area (Å²) >= 11 is 0. The predicted octanol–water partition coefficient (Wildman–Crippen LogP) is 13.1. The summed E-state index contributed by atoms with van der Waals surface area (Å²) in [5.74, 6) is -0.604. The number of nitrogens with one attached hydrogen (secondary N) is 1.